The number of aryl methyl sites for hydroxylation is 1. The summed E-state index contributed by atoms with van der Waals surface area (Å²) in [5, 5.41) is 12.1. The van der Waals surface area contributed by atoms with Crippen LogP contribution < -0.4 is 10.1 Å². The number of aliphatic imine (C=N–C) groups is 1. The van der Waals surface area contributed by atoms with Crippen LogP contribution in [0, 0.1) is 6.57 Å². The van der Waals surface area contributed by atoms with Crippen molar-refractivity contribution in [3.8, 4) is 17.0 Å². The number of pyridine rings is 2. The highest BCUT2D eigenvalue weighted by Crippen LogP contribution is 2.41. The highest BCUT2D eigenvalue weighted by Gasteiger charge is 2.21. The molecular formula is C25H22N8O. The zero-order valence-electron chi connectivity index (χ0n) is 19.1. The summed E-state index contributed by atoms with van der Waals surface area (Å²) in [7, 11) is 3.42. The Hall–Kier alpha value is -4.58. The van der Waals surface area contributed by atoms with Gasteiger partial charge in [-0.05, 0) is 37.3 Å². The van der Waals surface area contributed by atoms with Crippen molar-refractivity contribution in [2.24, 2.45) is 12.0 Å². The first-order valence-electron chi connectivity index (χ1n) is 10.7. The Balaban J connectivity index is 1.54. The summed E-state index contributed by atoms with van der Waals surface area (Å²) in [4.78, 5) is 18.9. The molecule has 1 aromatic carbocycles. The van der Waals surface area contributed by atoms with Crippen LogP contribution in [0.15, 0.2) is 53.7 Å². The van der Waals surface area contributed by atoms with E-state index in [-0.39, 0.29) is 0 Å². The number of hydrogen-bond donors (Lipinski definition) is 1. The van der Waals surface area contributed by atoms with Crippen LogP contribution in [-0.2, 0) is 19.9 Å². The fourth-order valence-corrected chi connectivity index (χ4v) is 4.04. The molecule has 0 saturated carbocycles. The molecule has 9 heteroatoms. The smallest absolute Gasteiger partial charge is 0.269 e. The monoisotopic (exact) mass is 450 g/mol. The van der Waals surface area contributed by atoms with Gasteiger partial charge >= 0.3 is 0 Å². The molecule has 3 aromatic heterocycles. The van der Waals surface area contributed by atoms with Gasteiger partial charge in [0.1, 0.15) is 17.1 Å². The first-order chi connectivity index (χ1) is 16.5. The second-order valence-electron chi connectivity index (χ2n) is 7.99. The van der Waals surface area contributed by atoms with E-state index in [1.54, 1.807) is 26.4 Å². The van der Waals surface area contributed by atoms with Crippen molar-refractivity contribution in [1.82, 2.24) is 25.0 Å². The van der Waals surface area contributed by atoms with Crippen LogP contribution in [0.1, 0.15) is 24.0 Å². The van der Waals surface area contributed by atoms with Gasteiger partial charge in [0.05, 0.1) is 42.5 Å². The van der Waals surface area contributed by atoms with Gasteiger partial charge in [0, 0.05) is 24.7 Å². The predicted octanol–water partition coefficient (Wildman–Crippen LogP) is 4.81. The molecule has 0 radical (unpaired) electrons. The largest absolute Gasteiger partial charge is 0.494 e. The molecule has 0 fully saturated rings. The third-order valence-corrected chi connectivity index (χ3v) is 5.48. The SMILES string of the molecule is [C-]#[N+]c1cccc(Cc2cc(Nc3cccc(-c4cnn(C)n4)c3OC)c3c(n2)CC(C)=N3)n1. The molecule has 4 aromatic rings. The summed E-state index contributed by atoms with van der Waals surface area (Å²) in [5.74, 6) is 1.04. The van der Waals surface area contributed by atoms with Gasteiger partial charge < -0.3 is 14.9 Å². The number of methoxy groups -OCH3 is 1. The van der Waals surface area contributed by atoms with Gasteiger partial charge in [-0.1, -0.05) is 18.7 Å². The first kappa shape index (κ1) is 21.3. The molecule has 1 aliphatic heterocycles. The van der Waals surface area contributed by atoms with Crippen molar-refractivity contribution in [1.29, 1.82) is 0 Å². The quantitative estimate of drug-likeness (QED) is 0.424. The van der Waals surface area contributed by atoms with E-state index in [0.717, 1.165) is 51.1 Å². The van der Waals surface area contributed by atoms with Crippen LogP contribution >= 0.6 is 0 Å². The minimum Gasteiger partial charge on any atom is -0.494 e. The molecule has 5 rings (SSSR count). The number of hydrogen-bond acceptors (Lipinski definition) is 7. The number of aromatic nitrogens is 5. The average molecular weight is 451 g/mol. The van der Waals surface area contributed by atoms with E-state index in [9.17, 15) is 0 Å². The van der Waals surface area contributed by atoms with Crippen molar-refractivity contribution in [2.45, 2.75) is 19.8 Å². The lowest BCUT2D eigenvalue weighted by atomic mass is 10.1. The van der Waals surface area contributed by atoms with Crippen molar-refractivity contribution in [2.75, 3.05) is 12.4 Å². The molecule has 0 bridgehead atoms. The van der Waals surface area contributed by atoms with E-state index in [1.165, 1.54) is 4.80 Å². The fraction of sp³-hybridized carbons (Fsp3) is 0.200. The summed E-state index contributed by atoms with van der Waals surface area (Å²) in [6, 6.07) is 13.3. The summed E-state index contributed by atoms with van der Waals surface area (Å²) in [6.07, 6.45) is 2.92. The van der Waals surface area contributed by atoms with Gasteiger partial charge in [0.15, 0.2) is 5.75 Å². The maximum atomic E-state index is 7.22. The molecule has 0 atom stereocenters. The second kappa shape index (κ2) is 8.75. The minimum atomic E-state index is 0.377. The van der Waals surface area contributed by atoms with Crippen LogP contribution in [-0.4, -0.2) is 37.8 Å². The van der Waals surface area contributed by atoms with Crippen molar-refractivity contribution < 1.29 is 4.74 Å². The lowest BCUT2D eigenvalue weighted by Crippen LogP contribution is -2.03. The Morgan fingerprint density at radius 1 is 1.12 bits per heavy atom. The lowest BCUT2D eigenvalue weighted by molar-refractivity contribution is 0.418. The van der Waals surface area contributed by atoms with E-state index >= 15 is 0 Å². The first-order valence-corrected chi connectivity index (χ1v) is 10.7. The van der Waals surface area contributed by atoms with Crippen molar-refractivity contribution in [3.63, 3.8) is 0 Å². The summed E-state index contributed by atoms with van der Waals surface area (Å²) in [6.45, 7) is 9.22. The highest BCUT2D eigenvalue weighted by atomic mass is 16.5. The average Bonchev–Trinajstić information content (AvgIpc) is 3.44. The number of nitrogens with one attached hydrogen (secondary N) is 1. The summed E-state index contributed by atoms with van der Waals surface area (Å²) < 4.78 is 5.78. The minimum absolute atomic E-state index is 0.377. The fourth-order valence-electron chi connectivity index (χ4n) is 4.04. The van der Waals surface area contributed by atoms with Crippen molar-refractivity contribution >= 4 is 28.6 Å². The molecular weight excluding hydrogens is 428 g/mol. The van der Waals surface area contributed by atoms with Gasteiger partial charge in [0.25, 0.3) is 5.82 Å². The Bertz CT molecular complexity index is 1460. The molecule has 4 heterocycles. The van der Waals surface area contributed by atoms with Crippen LogP contribution in [0.3, 0.4) is 0 Å². The van der Waals surface area contributed by atoms with Crippen LogP contribution in [0.25, 0.3) is 16.1 Å². The maximum absolute atomic E-state index is 7.22. The van der Waals surface area contributed by atoms with Crippen LogP contribution in [0.2, 0.25) is 0 Å². The zero-order chi connectivity index (χ0) is 23.7. The molecule has 1 N–H and O–H groups in total. The molecule has 9 nitrogen and oxygen atoms in total. The van der Waals surface area contributed by atoms with Crippen LogP contribution in [0.4, 0.5) is 22.9 Å². The van der Waals surface area contributed by atoms with E-state index in [4.69, 9.17) is 21.3 Å². The van der Waals surface area contributed by atoms with Crippen molar-refractivity contribution in [3.05, 3.63) is 77.2 Å². The van der Waals surface area contributed by atoms with E-state index < -0.39 is 0 Å². The van der Waals surface area contributed by atoms with Crippen LogP contribution in [0.5, 0.6) is 5.75 Å². The van der Waals surface area contributed by atoms with Gasteiger partial charge in [-0.2, -0.15) is 15.0 Å². The Morgan fingerprint density at radius 3 is 2.74 bits per heavy atom. The number of nitrogens with zero attached hydrogens (tertiary/aromatic N) is 7. The molecule has 0 amide bonds. The van der Waals surface area contributed by atoms with E-state index in [2.05, 4.69) is 25.3 Å². The Kier molecular flexibility index (Phi) is 5.47. The van der Waals surface area contributed by atoms with E-state index in [0.29, 0.717) is 24.4 Å². The molecule has 0 spiro atoms. The topological polar surface area (TPSA) is 94.5 Å². The summed E-state index contributed by atoms with van der Waals surface area (Å²) in [5.41, 5.74) is 7.60. The number of ether oxygens (including phenoxy) is 1. The molecule has 0 aliphatic carbocycles. The number of fused-ring (bicyclic) bond motifs is 1. The molecule has 1 aliphatic rings. The summed E-state index contributed by atoms with van der Waals surface area (Å²) >= 11 is 0. The maximum Gasteiger partial charge on any atom is 0.269 e. The zero-order valence-corrected chi connectivity index (χ0v) is 19.1. The Labute approximate surface area is 197 Å². The standard InChI is InChI=1S/C25H22N8O/c1-15-11-20-24(28-15)21(13-17(29-20)12-16-7-5-10-23(26-2)30-16)31-19-9-6-8-18(25(19)34-4)22-14-27-33(3)32-22/h5-10,13-14H,11-12H2,1,3-4H3,(H,29,31). The predicted molar refractivity (Wildman–Crippen MR) is 130 cm³/mol. The number of para-hydroxylation sites is 1. The second-order valence-corrected chi connectivity index (χ2v) is 7.99. The Morgan fingerprint density at radius 2 is 1.97 bits per heavy atom. The third kappa shape index (κ3) is 4.09. The number of anilines is 2. The molecule has 34 heavy (non-hydrogen) atoms. The molecule has 168 valence electrons. The van der Waals surface area contributed by atoms with Gasteiger partial charge in [-0.25, -0.2) is 0 Å². The van der Waals surface area contributed by atoms with Gasteiger partial charge in [-0.15, -0.1) is 4.98 Å². The molecule has 0 saturated heterocycles. The normalized spacial score (nSPS) is 12.1. The van der Waals surface area contributed by atoms with E-state index in [1.807, 2.05) is 43.3 Å². The number of benzene rings is 1. The van der Waals surface area contributed by atoms with Gasteiger partial charge in [0.2, 0.25) is 0 Å². The third-order valence-electron chi connectivity index (χ3n) is 5.48. The lowest BCUT2D eigenvalue weighted by Gasteiger charge is -2.16. The van der Waals surface area contributed by atoms with Gasteiger partial charge in [-0.3, -0.25) is 9.98 Å². The highest BCUT2D eigenvalue weighted by molar-refractivity contribution is 5.95. The number of rotatable bonds is 6. The molecule has 0 unspecified atom stereocenters.